The van der Waals surface area contributed by atoms with Gasteiger partial charge in [0.25, 0.3) is 0 Å². The summed E-state index contributed by atoms with van der Waals surface area (Å²) in [5, 5.41) is 12.1. The molecule has 0 aliphatic heterocycles. The van der Waals surface area contributed by atoms with Crippen molar-refractivity contribution in [1.82, 2.24) is 20.1 Å². The summed E-state index contributed by atoms with van der Waals surface area (Å²) in [7, 11) is 1.94. The van der Waals surface area contributed by atoms with Crippen molar-refractivity contribution in [2.75, 3.05) is 5.75 Å². The minimum absolute atomic E-state index is 0.0109. The topological polar surface area (TPSA) is 59.8 Å². The number of thioether (sulfide) groups is 1. The van der Waals surface area contributed by atoms with E-state index in [0.29, 0.717) is 12.3 Å². The van der Waals surface area contributed by atoms with E-state index < -0.39 is 0 Å². The number of carbonyl (C=O) groups is 1. The number of hydrogen-bond acceptors (Lipinski definition) is 4. The maximum Gasteiger partial charge on any atom is 0.230 e. The van der Waals surface area contributed by atoms with E-state index in [0.717, 1.165) is 23.0 Å². The normalized spacial score (nSPS) is 10.7. The number of amides is 1. The number of aromatic nitrogens is 3. The third kappa shape index (κ3) is 4.95. The van der Waals surface area contributed by atoms with E-state index in [1.807, 2.05) is 61.0 Å². The monoisotopic (exact) mass is 366 g/mol. The molecule has 0 spiro atoms. The maximum absolute atomic E-state index is 12.1. The SMILES string of the molecule is Cc1ccc(CNC(=O)CSc2nnc(Cc3ccccc3)n2C)cc1. The van der Waals surface area contributed by atoms with Crippen LogP contribution in [0.4, 0.5) is 0 Å². The fourth-order valence-corrected chi connectivity index (χ4v) is 3.25. The Morgan fingerprint density at radius 1 is 1.04 bits per heavy atom. The number of hydrogen-bond donors (Lipinski definition) is 1. The van der Waals surface area contributed by atoms with Crippen LogP contribution in [-0.4, -0.2) is 26.4 Å². The van der Waals surface area contributed by atoms with Crippen LogP contribution >= 0.6 is 11.8 Å². The van der Waals surface area contributed by atoms with E-state index >= 15 is 0 Å². The summed E-state index contributed by atoms with van der Waals surface area (Å²) in [6.45, 7) is 2.59. The molecular formula is C20H22N4OS. The average molecular weight is 366 g/mol. The molecule has 0 saturated heterocycles. The molecule has 3 rings (SSSR count). The molecule has 134 valence electrons. The van der Waals surface area contributed by atoms with Gasteiger partial charge in [-0.15, -0.1) is 10.2 Å². The Morgan fingerprint density at radius 3 is 2.50 bits per heavy atom. The molecule has 6 heteroatoms. The lowest BCUT2D eigenvalue weighted by molar-refractivity contribution is -0.118. The summed E-state index contributed by atoms with van der Waals surface area (Å²) in [5.41, 5.74) is 3.50. The van der Waals surface area contributed by atoms with Crippen LogP contribution in [0, 0.1) is 6.92 Å². The zero-order valence-electron chi connectivity index (χ0n) is 15.0. The van der Waals surface area contributed by atoms with E-state index in [-0.39, 0.29) is 5.91 Å². The highest BCUT2D eigenvalue weighted by Crippen LogP contribution is 2.17. The number of rotatable bonds is 7. The van der Waals surface area contributed by atoms with Crippen LogP contribution in [0.3, 0.4) is 0 Å². The highest BCUT2D eigenvalue weighted by molar-refractivity contribution is 7.99. The first-order valence-electron chi connectivity index (χ1n) is 8.49. The predicted molar refractivity (Wildman–Crippen MR) is 104 cm³/mol. The molecule has 0 atom stereocenters. The first-order chi connectivity index (χ1) is 12.6. The molecule has 26 heavy (non-hydrogen) atoms. The molecule has 0 saturated carbocycles. The molecule has 1 amide bonds. The lowest BCUT2D eigenvalue weighted by Gasteiger charge is -2.06. The van der Waals surface area contributed by atoms with Gasteiger partial charge in [0.1, 0.15) is 5.82 Å². The zero-order chi connectivity index (χ0) is 18.4. The van der Waals surface area contributed by atoms with Gasteiger partial charge < -0.3 is 9.88 Å². The lowest BCUT2D eigenvalue weighted by atomic mass is 10.1. The van der Waals surface area contributed by atoms with Crippen LogP contribution in [0.5, 0.6) is 0 Å². The quantitative estimate of drug-likeness (QED) is 0.653. The molecule has 2 aromatic carbocycles. The van der Waals surface area contributed by atoms with Crippen molar-refractivity contribution in [3.05, 3.63) is 77.1 Å². The van der Waals surface area contributed by atoms with Gasteiger partial charge in [-0.25, -0.2) is 0 Å². The number of benzene rings is 2. The molecule has 0 bridgehead atoms. The molecule has 0 unspecified atom stereocenters. The zero-order valence-corrected chi connectivity index (χ0v) is 15.8. The Bertz CT molecular complexity index is 859. The molecule has 1 N–H and O–H groups in total. The van der Waals surface area contributed by atoms with Crippen LogP contribution in [0.2, 0.25) is 0 Å². The molecular weight excluding hydrogens is 344 g/mol. The fraction of sp³-hybridized carbons (Fsp3) is 0.250. The Kier molecular flexibility index (Phi) is 6.07. The first-order valence-corrected chi connectivity index (χ1v) is 9.47. The van der Waals surface area contributed by atoms with Crippen LogP contribution in [0.25, 0.3) is 0 Å². The first kappa shape index (κ1) is 18.2. The van der Waals surface area contributed by atoms with Crippen molar-refractivity contribution in [1.29, 1.82) is 0 Å². The molecule has 0 fully saturated rings. The predicted octanol–water partition coefficient (Wildman–Crippen LogP) is 3.12. The molecule has 1 heterocycles. The van der Waals surface area contributed by atoms with Gasteiger partial charge in [0.05, 0.1) is 5.75 Å². The minimum atomic E-state index is -0.0109. The summed E-state index contributed by atoms with van der Waals surface area (Å²) >= 11 is 1.40. The molecule has 0 radical (unpaired) electrons. The highest BCUT2D eigenvalue weighted by atomic mass is 32.2. The molecule has 5 nitrogen and oxygen atoms in total. The van der Waals surface area contributed by atoms with E-state index in [1.54, 1.807) is 0 Å². The van der Waals surface area contributed by atoms with Gasteiger partial charge in [-0.2, -0.15) is 0 Å². The summed E-state index contributed by atoms with van der Waals surface area (Å²) in [6, 6.07) is 18.3. The van der Waals surface area contributed by atoms with E-state index in [1.165, 1.54) is 22.9 Å². The van der Waals surface area contributed by atoms with Crippen molar-refractivity contribution < 1.29 is 4.79 Å². The van der Waals surface area contributed by atoms with Crippen molar-refractivity contribution in [2.45, 2.75) is 25.0 Å². The van der Waals surface area contributed by atoms with Gasteiger partial charge in [0.15, 0.2) is 5.16 Å². The molecule has 3 aromatic rings. The Balaban J connectivity index is 1.50. The number of aryl methyl sites for hydroxylation is 1. The third-order valence-electron chi connectivity index (χ3n) is 4.07. The summed E-state index contributed by atoms with van der Waals surface area (Å²) in [6.07, 6.45) is 0.727. The van der Waals surface area contributed by atoms with E-state index in [9.17, 15) is 4.79 Å². The van der Waals surface area contributed by atoms with Crippen molar-refractivity contribution in [3.8, 4) is 0 Å². The van der Waals surface area contributed by atoms with Crippen molar-refractivity contribution in [2.24, 2.45) is 7.05 Å². The number of nitrogens with zero attached hydrogens (tertiary/aromatic N) is 3. The van der Waals surface area contributed by atoms with Gasteiger partial charge in [-0.1, -0.05) is 71.9 Å². The fourth-order valence-electron chi connectivity index (χ4n) is 2.49. The van der Waals surface area contributed by atoms with Crippen molar-refractivity contribution in [3.63, 3.8) is 0 Å². The second-order valence-electron chi connectivity index (χ2n) is 6.17. The Hall–Kier alpha value is -2.60. The van der Waals surface area contributed by atoms with Gasteiger partial charge in [0, 0.05) is 20.0 Å². The lowest BCUT2D eigenvalue weighted by Crippen LogP contribution is -2.24. The third-order valence-corrected chi connectivity index (χ3v) is 5.09. The maximum atomic E-state index is 12.1. The van der Waals surface area contributed by atoms with E-state index in [4.69, 9.17) is 0 Å². The summed E-state index contributed by atoms with van der Waals surface area (Å²) in [5.74, 6) is 1.20. The molecule has 1 aromatic heterocycles. The smallest absolute Gasteiger partial charge is 0.230 e. The summed E-state index contributed by atoms with van der Waals surface area (Å²) in [4.78, 5) is 12.1. The van der Waals surface area contributed by atoms with Crippen LogP contribution in [0.15, 0.2) is 59.8 Å². The Labute approximate surface area is 157 Å². The van der Waals surface area contributed by atoms with Crippen LogP contribution < -0.4 is 5.32 Å². The number of nitrogens with one attached hydrogen (secondary N) is 1. The van der Waals surface area contributed by atoms with Crippen molar-refractivity contribution >= 4 is 17.7 Å². The van der Waals surface area contributed by atoms with Gasteiger partial charge in [-0.3, -0.25) is 4.79 Å². The molecule has 0 aliphatic carbocycles. The van der Waals surface area contributed by atoms with Gasteiger partial charge >= 0.3 is 0 Å². The largest absolute Gasteiger partial charge is 0.351 e. The second kappa shape index (κ2) is 8.67. The standard InChI is InChI=1S/C20H22N4OS/c1-15-8-10-17(11-9-15)13-21-19(25)14-26-20-23-22-18(24(20)2)12-16-6-4-3-5-7-16/h3-11H,12-14H2,1-2H3,(H,21,25). The van der Waals surface area contributed by atoms with Crippen LogP contribution in [0.1, 0.15) is 22.5 Å². The van der Waals surface area contributed by atoms with Gasteiger partial charge in [-0.05, 0) is 18.1 Å². The second-order valence-corrected chi connectivity index (χ2v) is 7.11. The highest BCUT2D eigenvalue weighted by Gasteiger charge is 2.11. The van der Waals surface area contributed by atoms with Gasteiger partial charge in [0.2, 0.25) is 5.91 Å². The minimum Gasteiger partial charge on any atom is -0.351 e. The van der Waals surface area contributed by atoms with Crippen LogP contribution in [-0.2, 0) is 24.8 Å². The molecule has 0 aliphatic rings. The average Bonchev–Trinajstić information content (AvgIpc) is 3.00. The summed E-state index contributed by atoms with van der Waals surface area (Å²) < 4.78 is 1.95. The number of carbonyl (C=O) groups excluding carboxylic acids is 1. The Morgan fingerprint density at radius 2 is 1.77 bits per heavy atom. The van der Waals surface area contributed by atoms with E-state index in [2.05, 4.69) is 27.6 Å².